The van der Waals surface area contributed by atoms with Gasteiger partial charge in [-0.15, -0.1) is 10.2 Å². The summed E-state index contributed by atoms with van der Waals surface area (Å²) in [6, 6.07) is 9.55. The van der Waals surface area contributed by atoms with E-state index >= 15 is 0 Å². The number of carbonyl (C=O) groups excluding carboxylic acids is 1. The number of carbonyl (C=O) groups is 1. The van der Waals surface area contributed by atoms with Crippen LogP contribution in [0.4, 0.5) is 0 Å². The lowest BCUT2D eigenvalue weighted by Crippen LogP contribution is -2.49. The van der Waals surface area contributed by atoms with Crippen molar-refractivity contribution >= 4 is 34.3 Å². The van der Waals surface area contributed by atoms with Crippen LogP contribution in [-0.4, -0.2) is 36.4 Å². The van der Waals surface area contributed by atoms with Crippen LogP contribution in [0.5, 0.6) is 0 Å². The van der Waals surface area contributed by atoms with Gasteiger partial charge in [-0.3, -0.25) is 18.6 Å². The van der Waals surface area contributed by atoms with Crippen molar-refractivity contribution in [1.82, 2.24) is 24.5 Å². The zero-order valence-electron chi connectivity index (χ0n) is 18.4. The molecule has 2 heterocycles. The summed E-state index contributed by atoms with van der Waals surface area (Å²) in [4.78, 5) is 25.6. The van der Waals surface area contributed by atoms with Crippen molar-refractivity contribution in [2.24, 2.45) is 5.92 Å². The van der Waals surface area contributed by atoms with E-state index in [1.807, 2.05) is 36.4 Å². The van der Waals surface area contributed by atoms with Gasteiger partial charge in [0.15, 0.2) is 5.16 Å². The summed E-state index contributed by atoms with van der Waals surface area (Å²) in [5.41, 5.74) is -0.300. The smallest absolute Gasteiger partial charge is 0.262 e. The molecule has 3 rings (SSSR count). The molecule has 31 heavy (non-hydrogen) atoms. The van der Waals surface area contributed by atoms with Crippen LogP contribution in [0.2, 0.25) is 0 Å². The van der Waals surface area contributed by atoms with Crippen molar-refractivity contribution < 1.29 is 4.79 Å². The van der Waals surface area contributed by atoms with E-state index in [1.54, 1.807) is 17.6 Å². The molecule has 1 amide bonds. The molecule has 1 aromatic carbocycles. The van der Waals surface area contributed by atoms with Crippen LogP contribution < -0.4 is 10.9 Å². The Morgan fingerprint density at radius 3 is 2.71 bits per heavy atom. The highest BCUT2D eigenvalue weighted by molar-refractivity contribution is 7.99. The van der Waals surface area contributed by atoms with Gasteiger partial charge in [0, 0.05) is 6.54 Å². The number of nitrogens with zero attached hydrogens (tertiary/aromatic N) is 5. The molecule has 0 aliphatic rings. The van der Waals surface area contributed by atoms with Crippen LogP contribution in [0.15, 0.2) is 34.2 Å². The molecule has 0 saturated heterocycles. The van der Waals surface area contributed by atoms with E-state index in [0.29, 0.717) is 28.4 Å². The number of unbranched alkanes of at least 4 members (excludes halogenated alkanes) is 2. The van der Waals surface area contributed by atoms with Gasteiger partial charge >= 0.3 is 0 Å². The second-order valence-electron chi connectivity index (χ2n) is 8.10. The van der Waals surface area contributed by atoms with Crippen LogP contribution in [0.25, 0.3) is 16.7 Å². The first-order valence-electron chi connectivity index (χ1n) is 10.5. The van der Waals surface area contributed by atoms with Crippen LogP contribution in [0.1, 0.15) is 47.0 Å². The van der Waals surface area contributed by atoms with Gasteiger partial charge in [-0.2, -0.15) is 5.26 Å². The fourth-order valence-corrected chi connectivity index (χ4v) is 4.05. The van der Waals surface area contributed by atoms with Gasteiger partial charge in [-0.05, 0) is 31.4 Å². The van der Waals surface area contributed by atoms with Gasteiger partial charge in [0.1, 0.15) is 5.54 Å². The lowest BCUT2D eigenvalue weighted by Gasteiger charge is -2.27. The number of rotatable bonds is 9. The Kier molecular flexibility index (Phi) is 7.01. The summed E-state index contributed by atoms with van der Waals surface area (Å²) in [6.07, 6.45) is 2.96. The molecule has 0 fully saturated rings. The van der Waals surface area contributed by atoms with Crippen LogP contribution in [0, 0.1) is 17.2 Å². The normalized spacial score (nSPS) is 13.4. The fraction of sp³-hybridized carbons (Fsp3) is 0.500. The van der Waals surface area contributed by atoms with Crippen molar-refractivity contribution in [2.75, 3.05) is 5.75 Å². The highest BCUT2D eigenvalue weighted by Gasteiger charge is 2.30. The SMILES string of the molecule is CCCCCn1c(=O)c2ccccc2n2c(SCC(=O)NC(C)(C#N)C(C)C)nnc12. The quantitative estimate of drug-likeness (QED) is 0.404. The molecule has 0 bridgehead atoms. The predicted octanol–water partition coefficient (Wildman–Crippen LogP) is 3.38. The number of thioether (sulfide) groups is 1. The summed E-state index contributed by atoms with van der Waals surface area (Å²) in [5, 5.41) is 21.9. The molecule has 0 radical (unpaired) electrons. The molecule has 0 aliphatic heterocycles. The molecule has 3 aromatic rings. The van der Waals surface area contributed by atoms with Gasteiger partial charge in [0.2, 0.25) is 11.7 Å². The van der Waals surface area contributed by atoms with E-state index in [0.717, 1.165) is 19.3 Å². The molecule has 9 heteroatoms. The monoisotopic (exact) mass is 440 g/mol. The van der Waals surface area contributed by atoms with E-state index in [2.05, 4.69) is 28.5 Å². The number of amides is 1. The second kappa shape index (κ2) is 9.52. The summed E-state index contributed by atoms with van der Waals surface area (Å²) in [6.45, 7) is 8.19. The van der Waals surface area contributed by atoms with Gasteiger partial charge in [-0.1, -0.05) is 57.5 Å². The average molecular weight is 441 g/mol. The zero-order chi connectivity index (χ0) is 22.6. The molecule has 0 saturated carbocycles. The number of hydrogen-bond donors (Lipinski definition) is 1. The fourth-order valence-electron chi connectivity index (χ4n) is 3.31. The van der Waals surface area contributed by atoms with E-state index in [4.69, 9.17) is 0 Å². The molecule has 0 spiro atoms. The number of aromatic nitrogens is 4. The van der Waals surface area contributed by atoms with E-state index in [-0.39, 0.29) is 23.1 Å². The third-order valence-electron chi connectivity index (χ3n) is 5.58. The first-order chi connectivity index (χ1) is 14.8. The summed E-state index contributed by atoms with van der Waals surface area (Å²) in [5.74, 6) is 0.294. The number of aryl methyl sites for hydroxylation is 1. The van der Waals surface area contributed by atoms with Crippen molar-refractivity contribution in [1.29, 1.82) is 5.26 Å². The molecule has 2 aromatic heterocycles. The molecular weight excluding hydrogens is 412 g/mol. The van der Waals surface area contributed by atoms with Gasteiger partial charge in [0.25, 0.3) is 5.56 Å². The van der Waals surface area contributed by atoms with Crippen LogP contribution in [0.3, 0.4) is 0 Å². The zero-order valence-corrected chi connectivity index (χ0v) is 19.2. The molecule has 8 nitrogen and oxygen atoms in total. The Labute approximate surface area is 185 Å². The second-order valence-corrected chi connectivity index (χ2v) is 9.05. The summed E-state index contributed by atoms with van der Waals surface area (Å²) >= 11 is 1.24. The Morgan fingerprint density at radius 2 is 2.03 bits per heavy atom. The minimum Gasteiger partial charge on any atom is -0.337 e. The molecule has 1 unspecified atom stereocenters. The minimum atomic E-state index is -0.934. The standard InChI is InChI=1S/C22H28N6O2S/c1-5-6-9-12-27-19(30)16-10-7-8-11-17(16)28-20(27)25-26-21(28)31-13-18(29)24-22(4,14-23)15(2)3/h7-8,10-11,15H,5-6,9,12-13H2,1-4H3,(H,24,29). The lowest BCUT2D eigenvalue weighted by atomic mass is 9.90. The predicted molar refractivity (Wildman–Crippen MR) is 122 cm³/mol. The Bertz CT molecular complexity index is 1190. The largest absolute Gasteiger partial charge is 0.337 e. The molecular formula is C22H28N6O2S. The molecule has 0 aliphatic carbocycles. The number of nitrogens with one attached hydrogen (secondary N) is 1. The highest BCUT2D eigenvalue weighted by atomic mass is 32.2. The van der Waals surface area contributed by atoms with E-state index in [9.17, 15) is 14.9 Å². The van der Waals surface area contributed by atoms with Crippen molar-refractivity contribution in [3.05, 3.63) is 34.6 Å². The van der Waals surface area contributed by atoms with Crippen molar-refractivity contribution in [3.8, 4) is 6.07 Å². The van der Waals surface area contributed by atoms with Crippen molar-refractivity contribution in [2.45, 2.75) is 64.2 Å². The lowest BCUT2D eigenvalue weighted by molar-refractivity contribution is -0.120. The first kappa shape index (κ1) is 22.8. The summed E-state index contributed by atoms with van der Waals surface area (Å²) < 4.78 is 3.51. The van der Waals surface area contributed by atoms with Gasteiger partial charge in [0.05, 0.1) is 22.7 Å². The summed E-state index contributed by atoms with van der Waals surface area (Å²) in [7, 11) is 0. The third-order valence-corrected chi connectivity index (χ3v) is 6.51. The maximum atomic E-state index is 13.0. The Hall–Kier alpha value is -2.86. The minimum absolute atomic E-state index is 0.0260. The number of nitriles is 1. The van der Waals surface area contributed by atoms with E-state index in [1.165, 1.54) is 11.8 Å². The topological polar surface area (TPSA) is 105 Å². The molecule has 164 valence electrons. The number of hydrogen-bond acceptors (Lipinski definition) is 6. The Morgan fingerprint density at radius 1 is 1.29 bits per heavy atom. The Balaban J connectivity index is 1.95. The van der Waals surface area contributed by atoms with Crippen LogP contribution >= 0.6 is 11.8 Å². The van der Waals surface area contributed by atoms with Gasteiger partial charge in [-0.25, -0.2) is 0 Å². The highest BCUT2D eigenvalue weighted by Crippen LogP contribution is 2.22. The van der Waals surface area contributed by atoms with Crippen LogP contribution in [-0.2, 0) is 11.3 Å². The van der Waals surface area contributed by atoms with Crippen molar-refractivity contribution in [3.63, 3.8) is 0 Å². The number of para-hydroxylation sites is 1. The maximum Gasteiger partial charge on any atom is 0.262 e. The molecule has 1 N–H and O–H groups in total. The number of fused-ring (bicyclic) bond motifs is 3. The molecule has 1 atom stereocenters. The average Bonchev–Trinajstić information content (AvgIpc) is 3.18. The van der Waals surface area contributed by atoms with Gasteiger partial charge < -0.3 is 5.32 Å². The maximum absolute atomic E-state index is 13.0. The first-order valence-corrected chi connectivity index (χ1v) is 11.5. The number of benzene rings is 1. The van der Waals surface area contributed by atoms with E-state index < -0.39 is 5.54 Å². The third kappa shape index (κ3) is 4.59.